The first kappa shape index (κ1) is 16.8. The second-order valence-corrected chi connectivity index (χ2v) is 6.33. The molecule has 0 atom stereocenters. The number of aryl methyl sites for hydroxylation is 2. The third kappa shape index (κ3) is 3.52. The van der Waals surface area contributed by atoms with Crippen molar-refractivity contribution in [3.8, 4) is 11.4 Å². The van der Waals surface area contributed by atoms with Crippen LogP contribution in [-0.4, -0.2) is 31.1 Å². The van der Waals surface area contributed by atoms with Gasteiger partial charge in [-0.15, -0.1) is 10.2 Å². The zero-order valence-corrected chi connectivity index (χ0v) is 15.0. The van der Waals surface area contributed by atoms with Gasteiger partial charge in [-0.05, 0) is 42.8 Å². The molecule has 4 rings (SSSR count). The summed E-state index contributed by atoms with van der Waals surface area (Å²) in [6, 6.07) is 17.3. The summed E-state index contributed by atoms with van der Waals surface area (Å²) in [6.45, 7) is 3.88. The number of nitrogens with one attached hydrogen (secondary N) is 1. The molecule has 4 aromatic rings. The maximum absolute atomic E-state index is 12.5. The monoisotopic (exact) mass is 358 g/mol. The summed E-state index contributed by atoms with van der Waals surface area (Å²) < 4.78 is 0. The van der Waals surface area contributed by atoms with Crippen molar-refractivity contribution in [1.82, 2.24) is 25.2 Å². The van der Waals surface area contributed by atoms with Gasteiger partial charge in [0.05, 0.1) is 11.2 Å². The third-order valence-corrected chi connectivity index (χ3v) is 4.25. The number of benzene rings is 2. The van der Waals surface area contributed by atoms with Crippen LogP contribution in [0.2, 0.25) is 0 Å². The number of amides is 1. The van der Waals surface area contributed by atoms with Gasteiger partial charge in [-0.25, -0.2) is 0 Å². The Bertz CT molecular complexity index is 1120. The van der Waals surface area contributed by atoms with Gasteiger partial charge in [0.1, 0.15) is 6.54 Å². The largest absolute Gasteiger partial charge is 0.324 e. The van der Waals surface area contributed by atoms with Crippen molar-refractivity contribution in [2.45, 2.75) is 20.4 Å². The highest BCUT2D eigenvalue weighted by atomic mass is 16.2. The summed E-state index contributed by atoms with van der Waals surface area (Å²) in [5.41, 5.74) is 4.37. The molecule has 1 N–H and O–H groups in total. The van der Waals surface area contributed by atoms with Crippen LogP contribution in [-0.2, 0) is 11.3 Å². The molecule has 0 saturated heterocycles. The van der Waals surface area contributed by atoms with E-state index < -0.39 is 0 Å². The van der Waals surface area contributed by atoms with Gasteiger partial charge in [0.25, 0.3) is 0 Å². The van der Waals surface area contributed by atoms with E-state index in [0.29, 0.717) is 5.82 Å². The van der Waals surface area contributed by atoms with Gasteiger partial charge in [-0.2, -0.15) is 4.80 Å². The molecule has 0 spiro atoms. The lowest BCUT2D eigenvalue weighted by Crippen LogP contribution is -2.21. The predicted molar refractivity (Wildman–Crippen MR) is 103 cm³/mol. The minimum absolute atomic E-state index is 0.0189. The van der Waals surface area contributed by atoms with Crippen molar-refractivity contribution >= 4 is 22.5 Å². The smallest absolute Gasteiger partial charge is 0.248 e. The van der Waals surface area contributed by atoms with E-state index in [1.54, 1.807) is 0 Å². The quantitative estimate of drug-likeness (QED) is 0.606. The van der Waals surface area contributed by atoms with Gasteiger partial charge in [-0.3, -0.25) is 9.78 Å². The van der Waals surface area contributed by atoms with Crippen LogP contribution < -0.4 is 5.32 Å². The second-order valence-electron chi connectivity index (χ2n) is 6.33. The van der Waals surface area contributed by atoms with Crippen molar-refractivity contribution in [1.29, 1.82) is 0 Å². The van der Waals surface area contributed by atoms with E-state index in [1.165, 1.54) is 4.80 Å². The molecule has 0 unspecified atom stereocenters. The third-order valence-electron chi connectivity index (χ3n) is 4.25. The van der Waals surface area contributed by atoms with Gasteiger partial charge >= 0.3 is 0 Å². The first-order valence-corrected chi connectivity index (χ1v) is 8.60. The normalized spacial score (nSPS) is 10.9. The molecule has 7 heteroatoms. The fourth-order valence-corrected chi connectivity index (χ4v) is 2.90. The maximum Gasteiger partial charge on any atom is 0.248 e. The number of hydrogen-bond donors (Lipinski definition) is 1. The fourth-order valence-electron chi connectivity index (χ4n) is 2.90. The number of carbonyl (C=O) groups is 1. The van der Waals surface area contributed by atoms with Gasteiger partial charge in [0.2, 0.25) is 11.7 Å². The zero-order valence-electron chi connectivity index (χ0n) is 15.0. The molecular formula is C20H18N6O. The number of aromatic nitrogens is 5. The molecule has 0 aliphatic rings. The highest BCUT2D eigenvalue weighted by molar-refractivity contribution is 6.02. The molecule has 0 aliphatic heterocycles. The Morgan fingerprint density at radius 2 is 1.85 bits per heavy atom. The lowest BCUT2D eigenvalue weighted by atomic mass is 10.1. The Hall–Kier alpha value is -3.61. The molecule has 7 nitrogen and oxygen atoms in total. The van der Waals surface area contributed by atoms with Crippen LogP contribution in [0.15, 0.2) is 54.6 Å². The summed E-state index contributed by atoms with van der Waals surface area (Å²) in [6.07, 6.45) is 0. The number of rotatable bonds is 4. The average molecular weight is 358 g/mol. The van der Waals surface area contributed by atoms with Crippen molar-refractivity contribution in [3.63, 3.8) is 0 Å². The molecule has 0 aliphatic carbocycles. The number of fused-ring (bicyclic) bond motifs is 1. The number of tetrazole rings is 1. The Morgan fingerprint density at radius 1 is 1.04 bits per heavy atom. The molecule has 2 aromatic heterocycles. The predicted octanol–water partition coefficient (Wildman–Crippen LogP) is 3.14. The molecule has 0 radical (unpaired) electrons. The summed E-state index contributed by atoms with van der Waals surface area (Å²) in [7, 11) is 0. The highest BCUT2D eigenvalue weighted by Crippen LogP contribution is 2.26. The van der Waals surface area contributed by atoms with E-state index in [-0.39, 0.29) is 12.5 Å². The summed E-state index contributed by atoms with van der Waals surface area (Å²) >= 11 is 0. The van der Waals surface area contributed by atoms with Crippen molar-refractivity contribution in [2.24, 2.45) is 0 Å². The van der Waals surface area contributed by atoms with E-state index in [9.17, 15) is 4.79 Å². The molecule has 0 fully saturated rings. The zero-order chi connectivity index (χ0) is 18.8. The second kappa shape index (κ2) is 6.95. The lowest BCUT2D eigenvalue weighted by Gasteiger charge is -2.11. The van der Waals surface area contributed by atoms with Gasteiger partial charge < -0.3 is 5.32 Å². The number of anilines is 1. The lowest BCUT2D eigenvalue weighted by molar-refractivity contribution is -0.117. The summed E-state index contributed by atoms with van der Waals surface area (Å²) in [4.78, 5) is 18.3. The van der Waals surface area contributed by atoms with E-state index in [1.807, 2.05) is 68.4 Å². The van der Waals surface area contributed by atoms with Crippen LogP contribution in [0.3, 0.4) is 0 Å². The Morgan fingerprint density at radius 3 is 2.67 bits per heavy atom. The van der Waals surface area contributed by atoms with Crippen molar-refractivity contribution < 1.29 is 4.79 Å². The Labute approximate surface area is 156 Å². The first-order chi connectivity index (χ1) is 13.1. The Balaban J connectivity index is 1.55. The van der Waals surface area contributed by atoms with Crippen LogP contribution in [0.1, 0.15) is 11.3 Å². The van der Waals surface area contributed by atoms with Crippen LogP contribution >= 0.6 is 0 Å². The molecule has 0 bridgehead atoms. The Kier molecular flexibility index (Phi) is 4.33. The standard InChI is InChI=1S/C20H18N6O/c1-13-8-11-17-16(10-9-14(2)21-17)19(13)22-18(27)12-26-24-20(23-25-26)15-6-4-3-5-7-15/h3-11H,12H2,1-2H3,(H,22,27). The van der Waals surface area contributed by atoms with Gasteiger partial charge in [-0.1, -0.05) is 36.4 Å². The molecule has 2 heterocycles. The van der Waals surface area contributed by atoms with Crippen LogP contribution in [0, 0.1) is 13.8 Å². The first-order valence-electron chi connectivity index (χ1n) is 8.60. The van der Waals surface area contributed by atoms with E-state index in [4.69, 9.17) is 0 Å². The van der Waals surface area contributed by atoms with Crippen LogP contribution in [0.25, 0.3) is 22.3 Å². The molecule has 2 aromatic carbocycles. The summed E-state index contributed by atoms with van der Waals surface area (Å²) in [5.74, 6) is 0.271. The van der Waals surface area contributed by atoms with Gasteiger partial charge in [0, 0.05) is 16.6 Å². The molecule has 0 saturated carbocycles. The molecule has 134 valence electrons. The van der Waals surface area contributed by atoms with E-state index >= 15 is 0 Å². The number of nitrogens with zero attached hydrogens (tertiary/aromatic N) is 5. The highest BCUT2D eigenvalue weighted by Gasteiger charge is 2.12. The minimum Gasteiger partial charge on any atom is -0.324 e. The molecular weight excluding hydrogens is 340 g/mol. The van der Waals surface area contributed by atoms with Crippen molar-refractivity contribution in [3.05, 3.63) is 65.9 Å². The topological polar surface area (TPSA) is 85.6 Å². The molecule has 27 heavy (non-hydrogen) atoms. The fraction of sp³-hybridized carbons (Fsp3) is 0.150. The summed E-state index contributed by atoms with van der Waals surface area (Å²) in [5, 5.41) is 16.1. The SMILES string of the molecule is Cc1ccc2c(NC(=O)Cn3nnc(-c4ccccc4)n3)c(C)ccc2n1. The maximum atomic E-state index is 12.5. The van der Waals surface area contributed by atoms with E-state index in [2.05, 4.69) is 25.7 Å². The van der Waals surface area contributed by atoms with Crippen LogP contribution in [0.4, 0.5) is 5.69 Å². The number of carbonyl (C=O) groups excluding carboxylic acids is 1. The molecule has 1 amide bonds. The van der Waals surface area contributed by atoms with Crippen molar-refractivity contribution in [2.75, 3.05) is 5.32 Å². The number of pyridine rings is 1. The number of hydrogen-bond acceptors (Lipinski definition) is 5. The van der Waals surface area contributed by atoms with E-state index in [0.717, 1.165) is 33.4 Å². The van der Waals surface area contributed by atoms with Crippen LogP contribution in [0.5, 0.6) is 0 Å². The minimum atomic E-state index is -0.219. The van der Waals surface area contributed by atoms with Gasteiger partial charge in [0.15, 0.2) is 0 Å². The average Bonchev–Trinajstić information content (AvgIpc) is 3.13.